The van der Waals surface area contributed by atoms with Gasteiger partial charge in [0, 0.05) is 11.2 Å². The van der Waals surface area contributed by atoms with E-state index in [0.29, 0.717) is 5.02 Å². The molecule has 30 heavy (non-hydrogen) atoms. The van der Waals surface area contributed by atoms with E-state index in [-0.39, 0.29) is 40.1 Å². The van der Waals surface area contributed by atoms with Crippen LogP contribution in [0.4, 0.5) is 11.5 Å². The number of nitriles is 1. The van der Waals surface area contributed by atoms with E-state index >= 15 is 0 Å². The number of esters is 2. The number of anilines is 2. The first-order valence-corrected chi connectivity index (χ1v) is 9.78. The maximum absolute atomic E-state index is 11.9. The molecular formula is C18H16ClN5O5S. The molecule has 1 aromatic carbocycles. The zero-order valence-electron chi connectivity index (χ0n) is 15.7. The highest BCUT2D eigenvalue weighted by Gasteiger charge is 2.15. The van der Waals surface area contributed by atoms with E-state index in [9.17, 15) is 14.4 Å². The Kier molecular flexibility index (Phi) is 8.40. The average molecular weight is 450 g/mol. The molecule has 0 radical (unpaired) electrons. The lowest BCUT2D eigenvalue weighted by Gasteiger charge is -2.08. The van der Waals surface area contributed by atoms with Crippen molar-refractivity contribution >= 4 is 52.7 Å². The van der Waals surface area contributed by atoms with Crippen LogP contribution in [0.2, 0.25) is 5.02 Å². The van der Waals surface area contributed by atoms with Gasteiger partial charge in [0.1, 0.15) is 17.5 Å². The lowest BCUT2D eigenvalue weighted by Crippen LogP contribution is -2.22. The minimum Gasteiger partial charge on any atom is -0.462 e. The van der Waals surface area contributed by atoms with Gasteiger partial charge in [-0.15, -0.1) is 0 Å². The summed E-state index contributed by atoms with van der Waals surface area (Å²) in [7, 11) is 0. The normalized spacial score (nSPS) is 10.0. The van der Waals surface area contributed by atoms with E-state index < -0.39 is 24.5 Å². The van der Waals surface area contributed by atoms with Crippen molar-refractivity contribution in [1.82, 2.24) is 9.97 Å². The molecule has 0 atom stereocenters. The Bertz CT molecular complexity index is 1010. The lowest BCUT2D eigenvalue weighted by molar-refractivity contribution is -0.144. The summed E-state index contributed by atoms with van der Waals surface area (Å²) >= 11 is 6.76. The van der Waals surface area contributed by atoms with Crippen LogP contribution in [-0.4, -0.2) is 46.8 Å². The van der Waals surface area contributed by atoms with Crippen LogP contribution in [0.25, 0.3) is 0 Å². The average Bonchev–Trinajstić information content (AvgIpc) is 2.71. The van der Waals surface area contributed by atoms with E-state index in [1.54, 1.807) is 6.92 Å². The zero-order valence-corrected chi connectivity index (χ0v) is 17.2. The highest BCUT2D eigenvalue weighted by Crippen LogP contribution is 2.20. The highest BCUT2D eigenvalue weighted by atomic mass is 35.5. The molecular weight excluding hydrogens is 434 g/mol. The van der Waals surface area contributed by atoms with Gasteiger partial charge in [0.25, 0.3) is 5.91 Å². The van der Waals surface area contributed by atoms with Gasteiger partial charge in [0.05, 0.1) is 23.6 Å². The molecule has 1 aromatic heterocycles. The third kappa shape index (κ3) is 6.61. The maximum Gasteiger partial charge on any atom is 0.343 e. The van der Waals surface area contributed by atoms with Crippen molar-refractivity contribution in [2.24, 2.45) is 0 Å². The number of nitrogens with one attached hydrogen (secondary N) is 1. The summed E-state index contributed by atoms with van der Waals surface area (Å²) in [5, 5.41) is 12.0. The van der Waals surface area contributed by atoms with Gasteiger partial charge < -0.3 is 20.5 Å². The van der Waals surface area contributed by atoms with Crippen molar-refractivity contribution in [3.8, 4) is 6.07 Å². The van der Waals surface area contributed by atoms with Crippen molar-refractivity contribution in [2.75, 3.05) is 30.0 Å². The molecule has 0 bridgehead atoms. The Morgan fingerprint density at radius 3 is 2.77 bits per heavy atom. The number of halogens is 1. The number of thioether (sulfide) groups is 1. The third-order valence-corrected chi connectivity index (χ3v) is 4.42. The Balaban J connectivity index is 1.83. The maximum atomic E-state index is 11.9. The minimum atomic E-state index is -0.696. The summed E-state index contributed by atoms with van der Waals surface area (Å²) in [6.45, 7) is 1.29. The molecule has 0 aliphatic heterocycles. The van der Waals surface area contributed by atoms with Crippen LogP contribution in [-0.2, 0) is 19.1 Å². The number of nitrogens with zero attached hydrogens (tertiary/aromatic N) is 3. The number of rotatable bonds is 8. The number of carbonyl (C=O) groups is 3. The fourth-order valence-corrected chi connectivity index (χ4v) is 2.82. The SMILES string of the molecule is CCOC(=O)c1cnc(SCC(=O)OCC(=O)Nc2cc(Cl)ccc2C#N)nc1N. The summed E-state index contributed by atoms with van der Waals surface area (Å²) in [6.07, 6.45) is 1.21. The first-order valence-electron chi connectivity index (χ1n) is 8.41. The number of nitrogen functional groups attached to an aromatic ring is 1. The van der Waals surface area contributed by atoms with Gasteiger partial charge in [-0.05, 0) is 25.1 Å². The summed E-state index contributed by atoms with van der Waals surface area (Å²) in [4.78, 5) is 43.3. The second-order valence-electron chi connectivity index (χ2n) is 5.47. The summed E-state index contributed by atoms with van der Waals surface area (Å²) in [6, 6.07) is 6.30. The van der Waals surface area contributed by atoms with Gasteiger partial charge in [0.2, 0.25) is 0 Å². The molecule has 2 rings (SSSR count). The summed E-state index contributed by atoms with van der Waals surface area (Å²) in [5.74, 6) is -2.24. The molecule has 0 aliphatic rings. The molecule has 0 spiro atoms. The fraction of sp³-hybridized carbons (Fsp3) is 0.222. The molecule has 12 heteroatoms. The number of aromatic nitrogens is 2. The van der Waals surface area contributed by atoms with Crippen LogP contribution in [0.1, 0.15) is 22.8 Å². The Hall–Kier alpha value is -3.36. The molecule has 2 aromatic rings. The minimum absolute atomic E-state index is 0.0261. The number of benzene rings is 1. The Morgan fingerprint density at radius 1 is 1.33 bits per heavy atom. The molecule has 0 saturated carbocycles. The van der Waals surface area contributed by atoms with E-state index in [4.69, 9.17) is 32.1 Å². The summed E-state index contributed by atoms with van der Waals surface area (Å²) < 4.78 is 9.70. The van der Waals surface area contributed by atoms with Crippen molar-refractivity contribution in [3.05, 3.63) is 40.5 Å². The largest absolute Gasteiger partial charge is 0.462 e. The predicted molar refractivity (Wildman–Crippen MR) is 109 cm³/mol. The lowest BCUT2D eigenvalue weighted by atomic mass is 10.2. The topological polar surface area (TPSA) is 157 Å². The Morgan fingerprint density at radius 2 is 2.10 bits per heavy atom. The zero-order chi connectivity index (χ0) is 22.1. The smallest absolute Gasteiger partial charge is 0.343 e. The molecule has 0 aliphatic carbocycles. The van der Waals surface area contributed by atoms with E-state index in [1.165, 1.54) is 24.4 Å². The second-order valence-corrected chi connectivity index (χ2v) is 6.85. The fourth-order valence-electron chi connectivity index (χ4n) is 2.03. The van der Waals surface area contributed by atoms with Gasteiger partial charge in [-0.1, -0.05) is 23.4 Å². The van der Waals surface area contributed by atoms with Crippen molar-refractivity contribution in [3.63, 3.8) is 0 Å². The predicted octanol–water partition coefficient (Wildman–Crippen LogP) is 2.03. The monoisotopic (exact) mass is 449 g/mol. The molecule has 3 N–H and O–H groups in total. The first-order chi connectivity index (χ1) is 14.3. The van der Waals surface area contributed by atoms with Crippen molar-refractivity contribution in [2.45, 2.75) is 12.1 Å². The highest BCUT2D eigenvalue weighted by molar-refractivity contribution is 7.99. The second kappa shape index (κ2) is 11.0. The van der Waals surface area contributed by atoms with Crippen LogP contribution >= 0.6 is 23.4 Å². The van der Waals surface area contributed by atoms with Crippen LogP contribution in [0, 0.1) is 11.3 Å². The number of hydrogen-bond acceptors (Lipinski definition) is 10. The van der Waals surface area contributed by atoms with Gasteiger partial charge in [0.15, 0.2) is 11.8 Å². The molecule has 10 nitrogen and oxygen atoms in total. The van der Waals surface area contributed by atoms with Crippen molar-refractivity contribution in [1.29, 1.82) is 5.26 Å². The van der Waals surface area contributed by atoms with Crippen LogP contribution in [0.5, 0.6) is 0 Å². The standard InChI is InChI=1S/C18H16ClN5O5S/c1-2-28-17(27)12-7-22-18(24-16(12)21)30-9-15(26)29-8-14(25)23-13-5-11(19)4-3-10(13)6-20/h3-5,7H,2,8-9H2,1H3,(H,23,25)(H2,21,22,24). The van der Waals surface area contributed by atoms with E-state index in [1.807, 2.05) is 6.07 Å². The molecule has 156 valence electrons. The van der Waals surface area contributed by atoms with E-state index in [2.05, 4.69) is 15.3 Å². The van der Waals surface area contributed by atoms with Gasteiger partial charge in [-0.3, -0.25) is 9.59 Å². The number of hydrogen-bond donors (Lipinski definition) is 2. The molecule has 1 heterocycles. The number of ether oxygens (including phenoxy) is 2. The van der Waals surface area contributed by atoms with E-state index in [0.717, 1.165) is 11.8 Å². The summed E-state index contributed by atoms with van der Waals surface area (Å²) in [5.41, 5.74) is 6.16. The number of nitrogens with two attached hydrogens (primary N) is 1. The van der Waals surface area contributed by atoms with Crippen LogP contribution in [0.15, 0.2) is 29.6 Å². The first kappa shape index (κ1) is 22.9. The third-order valence-electron chi connectivity index (χ3n) is 3.35. The number of carbonyl (C=O) groups excluding carboxylic acids is 3. The number of amides is 1. The van der Waals surface area contributed by atoms with Crippen molar-refractivity contribution < 1.29 is 23.9 Å². The molecule has 1 amide bonds. The molecule has 0 fully saturated rings. The van der Waals surface area contributed by atoms with Gasteiger partial charge in [-0.2, -0.15) is 5.26 Å². The van der Waals surface area contributed by atoms with Crippen LogP contribution in [0.3, 0.4) is 0 Å². The molecule has 0 saturated heterocycles. The molecule has 0 unspecified atom stereocenters. The Labute approximate surface area is 180 Å². The van der Waals surface area contributed by atoms with Crippen LogP contribution < -0.4 is 11.1 Å². The quantitative estimate of drug-likeness (QED) is 0.347. The van der Waals surface area contributed by atoms with Gasteiger partial charge >= 0.3 is 11.9 Å². The van der Waals surface area contributed by atoms with Gasteiger partial charge in [-0.25, -0.2) is 14.8 Å².